The quantitative estimate of drug-likeness (QED) is 0.603. The molecule has 25 heavy (non-hydrogen) atoms. The summed E-state index contributed by atoms with van der Waals surface area (Å²) in [6.45, 7) is 5.41. The second kappa shape index (κ2) is 9.65. The van der Waals surface area contributed by atoms with Gasteiger partial charge in [-0.15, -0.1) is 0 Å². The SMILES string of the molecule is Cc1cccc(Nc2ccncc2S(=O)(=O)NC(=O)NC(C)C)c1.[K+]. The van der Waals surface area contributed by atoms with Gasteiger partial charge >= 0.3 is 57.4 Å². The van der Waals surface area contributed by atoms with Crippen molar-refractivity contribution in [1.82, 2.24) is 15.0 Å². The number of carbonyl (C=O) groups is 1. The van der Waals surface area contributed by atoms with Crippen molar-refractivity contribution in [2.45, 2.75) is 31.7 Å². The smallest absolute Gasteiger partial charge is 0.354 e. The number of sulfonamides is 1. The maximum Gasteiger partial charge on any atom is 1.00 e. The third-order valence-electron chi connectivity index (χ3n) is 3.02. The van der Waals surface area contributed by atoms with Gasteiger partial charge in [-0.05, 0) is 44.5 Å². The molecular weight excluding hydrogens is 367 g/mol. The average molecular weight is 388 g/mol. The van der Waals surface area contributed by atoms with Gasteiger partial charge in [0.25, 0.3) is 10.0 Å². The summed E-state index contributed by atoms with van der Waals surface area (Å²) in [7, 11) is -4.05. The molecule has 128 valence electrons. The van der Waals surface area contributed by atoms with Gasteiger partial charge in [-0.25, -0.2) is 17.9 Å². The fourth-order valence-corrected chi connectivity index (χ4v) is 3.07. The molecule has 2 aromatic rings. The Morgan fingerprint density at radius 3 is 2.56 bits per heavy atom. The number of hydrogen-bond acceptors (Lipinski definition) is 5. The molecule has 0 bridgehead atoms. The number of amides is 2. The van der Waals surface area contributed by atoms with E-state index in [-0.39, 0.29) is 62.3 Å². The minimum absolute atomic E-state index is 0. The van der Waals surface area contributed by atoms with Gasteiger partial charge in [0.1, 0.15) is 4.90 Å². The number of anilines is 2. The summed E-state index contributed by atoms with van der Waals surface area (Å²) in [4.78, 5) is 15.5. The molecule has 0 spiro atoms. The molecule has 0 aliphatic carbocycles. The molecule has 9 heteroatoms. The van der Waals surface area contributed by atoms with Crippen molar-refractivity contribution in [3.63, 3.8) is 0 Å². The molecule has 2 rings (SSSR count). The average Bonchev–Trinajstić information content (AvgIpc) is 2.46. The predicted octanol–water partition coefficient (Wildman–Crippen LogP) is -0.466. The molecule has 1 aromatic heterocycles. The number of benzene rings is 1. The maximum absolute atomic E-state index is 12.5. The summed E-state index contributed by atoms with van der Waals surface area (Å²) in [5.41, 5.74) is 2.11. The van der Waals surface area contributed by atoms with Crippen LogP contribution in [0.4, 0.5) is 16.2 Å². The number of nitrogens with one attached hydrogen (secondary N) is 3. The Kier molecular flexibility index (Phi) is 8.52. The standard InChI is InChI=1S/C16H20N4O3S.K/c1-11(2)18-16(21)20-24(22,23)15-10-17-8-7-14(15)19-13-6-4-5-12(3)9-13;/h4-11H,1-3H3,(H,17,19)(H2,18,20,21);/q;+1. The van der Waals surface area contributed by atoms with E-state index < -0.39 is 16.1 Å². The van der Waals surface area contributed by atoms with Crippen LogP contribution in [0.3, 0.4) is 0 Å². The molecule has 0 saturated heterocycles. The minimum atomic E-state index is -4.05. The van der Waals surface area contributed by atoms with Crippen LogP contribution in [-0.2, 0) is 10.0 Å². The van der Waals surface area contributed by atoms with Crippen molar-refractivity contribution in [2.24, 2.45) is 0 Å². The summed E-state index contributed by atoms with van der Waals surface area (Å²) in [5, 5.41) is 5.52. The number of hydrogen-bond donors (Lipinski definition) is 3. The number of pyridine rings is 1. The maximum atomic E-state index is 12.5. The Labute approximate surface area is 190 Å². The first-order valence-corrected chi connectivity index (χ1v) is 8.87. The van der Waals surface area contributed by atoms with Crippen LogP contribution in [0.1, 0.15) is 19.4 Å². The van der Waals surface area contributed by atoms with Crippen molar-refractivity contribution in [3.8, 4) is 0 Å². The number of carbonyl (C=O) groups excluding carboxylic acids is 1. The topological polar surface area (TPSA) is 100 Å². The van der Waals surface area contributed by atoms with Crippen LogP contribution in [0.5, 0.6) is 0 Å². The molecule has 1 aromatic carbocycles. The van der Waals surface area contributed by atoms with E-state index in [1.54, 1.807) is 13.8 Å². The second-order valence-corrected chi connectivity index (χ2v) is 7.25. The number of aryl methyl sites for hydroxylation is 1. The van der Waals surface area contributed by atoms with Gasteiger partial charge in [0, 0.05) is 24.1 Å². The fraction of sp³-hybridized carbons (Fsp3) is 0.250. The minimum Gasteiger partial charge on any atom is -0.354 e. The Morgan fingerprint density at radius 1 is 1.20 bits per heavy atom. The Morgan fingerprint density at radius 2 is 1.92 bits per heavy atom. The molecule has 0 fully saturated rings. The van der Waals surface area contributed by atoms with Crippen molar-refractivity contribution in [1.29, 1.82) is 0 Å². The van der Waals surface area contributed by atoms with E-state index in [0.717, 1.165) is 11.3 Å². The summed E-state index contributed by atoms with van der Waals surface area (Å²) in [6.07, 6.45) is 2.68. The van der Waals surface area contributed by atoms with Crippen LogP contribution < -0.4 is 66.7 Å². The molecule has 3 N–H and O–H groups in total. The molecule has 0 radical (unpaired) electrons. The zero-order chi connectivity index (χ0) is 17.7. The van der Waals surface area contributed by atoms with Gasteiger partial charge in [0.05, 0.1) is 5.69 Å². The van der Waals surface area contributed by atoms with Gasteiger partial charge in [0.15, 0.2) is 0 Å². The molecule has 0 unspecified atom stereocenters. The molecule has 0 saturated carbocycles. The third-order valence-corrected chi connectivity index (χ3v) is 4.38. The summed E-state index contributed by atoms with van der Waals surface area (Å²) in [5.74, 6) is 0. The van der Waals surface area contributed by atoms with E-state index >= 15 is 0 Å². The predicted molar refractivity (Wildman–Crippen MR) is 92.7 cm³/mol. The fourth-order valence-electron chi connectivity index (χ4n) is 2.04. The van der Waals surface area contributed by atoms with Gasteiger partial charge in [-0.2, -0.15) is 0 Å². The van der Waals surface area contributed by atoms with Gasteiger partial charge in [0.2, 0.25) is 0 Å². The van der Waals surface area contributed by atoms with Crippen LogP contribution >= 0.6 is 0 Å². The van der Waals surface area contributed by atoms with E-state index in [1.807, 2.05) is 35.9 Å². The van der Waals surface area contributed by atoms with Gasteiger partial charge < -0.3 is 10.6 Å². The van der Waals surface area contributed by atoms with Gasteiger partial charge in [-0.1, -0.05) is 12.1 Å². The largest absolute Gasteiger partial charge is 1.00 e. The second-order valence-electron chi connectivity index (χ2n) is 5.60. The molecule has 2 amide bonds. The third kappa shape index (κ3) is 6.68. The molecule has 1 heterocycles. The number of urea groups is 1. The number of aromatic nitrogens is 1. The first-order chi connectivity index (χ1) is 11.3. The van der Waals surface area contributed by atoms with Crippen LogP contribution in [0.2, 0.25) is 0 Å². The van der Waals surface area contributed by atoms with E-state index in [2.05, 4.69) is 15.6 Å². The van der Waals surface area contributed by atoms with Crippen LogP contribution in [0.25, 0.3) is 0 Å². The summed E-state index contributed by atoms with van der Waals surface area (Å²) < 4.78 is 26.9. The number of rotatable bonds is 5. The molecular formula is C16H20KN4O3S+. The van der Waals surface area contributed by atoms with Crippen molar-refractivity contribution in [3.05, 3.63) is 48.3 Å². The van der Waals surface area contributed by atoms with Gasteiger partial charge in [-0.3, -0.25) is 4.98 Å². The normalized spacial score (nSPS) is 10.7. The van der Waals surface area contributed by atoms with Crippen LogP contribution in [-0.4, -0.2) is 25.5 Å². The first kappa shape index (κ1) is 22.1. The molecule has 0 aliphatic heterocycles. The van der Waals surface area contributed by atoms with E-state index in [1.165, 1.54) is 18.5 Å². The molecule has 0 atom stereocenters. The molecule has 7 nitrogen and oxygen atoms in total. The van der Waals surface area contributed by atoms with E-state index in [0.29, 0.717) is 5.69 Å². The van der Waals surface area contributed by atoms with E-state index in [9.17, 15) is 13.2 Å². The zero-order valence-electron chi connectivity index (χ0n) is 14.7. The summed E-state index contributed by atoms with van der Waals surface area (Å²) >= 11 is 0. The van der Waals surface area contributed by atoms with Crippen LogP contribution in [0.15, 0.2) is 47.6 Å². The Bertz CT molecular complexity index is 841. The molecule has 0 aliphatic rings. The van der Waals surface area contributed by atoms with E-state index in [4.69, 9.17) is 0 Å². The Balaban J connectivity index is 0.00000312. The van der Waals surface area contributed by atoms with Crippen molar-refractivity contribution >= 4 is 27.4 Å². The zero-order valence-corrected chi connectivity index (χ0v) is 18.6. The monoisotopic (exact) mass is 387 g/mol. The Hall–Kier alpha value is -0.974. The first-order valence-electron chi connectivity index (χ1n) is 7.39. The summed E-state index contributed by atoms with van der Waals surface area (Å²) in [6, 6.07) is 8.08. The van der Waals surface area contributed by atoms with Crippen molar-refractivity contribution < 1.29 is 64.6 Å². The number of nitrogens with zero attached hydrogens (tertiary/aromatic N) is 1. The van der Waals surface area contributed by atoms with Crippen molar-refractivity contribution in [2.75, 3.05) is 5.32 Å². The van der Waals surface area contributed by atoms with Crippen LogP contribution in [0, 0.1) is 6.92 Å².